The molecule has 1 aromatic carbocycles. The monoisotopic (exact) mass is 269 g/mol. The second kappa shape index (κ2) is 5.80. The summed E-state index contributed by atoms with van der Waals surface area (Å²) in [4.78, 5) is 0. The molecule has 3 heteroatoms. The van der Waals surface area contributed by atoms with Crippen molar-refractivity contribution in [3.63, 3.8) is 0 Å². The van der Waals surface area contributed by atoms with Gasteiger partial charge in [-0.1, -0.05) is 18.2 Å². The maximum atomic E-state index is 4.26. The molecule has 106 valence electrons. The van der Waals surface area contributed by atoms with E-state index in [4.69, 9.17) is 0 Å². The number of rotatable bonds is 5. The van der Waals surface area contributed by atoms with Crippen molar-refractivity contribution < 1.29 is 0 Å². The second-order valence-corrected chi connectivity index (χ2v) is 5.90. The van der Waals surface area contributed by atoms with Crippen LogP contribution in [-0.4, -0.2) is 15.8 Å². The van der Waals surface area contributed by atoms with Crippen molar-refractivity contribution in [2.75, 3.05) is 0 Å². The molecule has 0 amide bonds. The minimum Gasteiger partial charge on any atom is -0.306 e. The fraction of sp³-hybridized carbons (Fsp3) is 0.471. The Kier molecular flexibility index (Phi) is 3.88. The smallest absolute Gasteiger partial charge is 0.0560 e. The quantitative estimate of drug-likeness (QED) is 0.904. The third kappa shape index (κ3) is 2.93. The maximum Gasteiger partial charge on any atom is 0.0560 e. The molecule has 0 spiro atoms. The Morgan fingerprint density at radius 3 is 2.90 bits per heavy atom. The van der Waals surface area contributed by atoms with Gasteiger partial charge in [0.1, 0.15) is 0 Å². The molecule has 1 heterocycles. The van der Waals surface area contributed by atoms with Gasteiger partial charge >= 0.3 is 0 Å². The summed E-state index contributed by atoms with van der Waals surface area (Å²) in [6, 6.07) is 9.73. The highest BCUT2D eigenvalue weighted by Crippen LogP contribution is 2.25. The molecular formula is C17H23N3. The van der Waals surface area contributed by atoms with Gasteiger partial charge in [0.15, 0.2) is 0 Å². The van der Waals surface area contributed by atoms with Crippen LogP contribution in [0.15, 0.2) is 36.7 Å². The normalized spacial score (nSPS) is 16.9. The van der Waals surface area contributed by atoms with Crippen molar-refractivity contribution in [1.82, 2.24) is 15.1 Å². The van der Waals surface area contributed by atoms with Gasteiger partial charge in [-0.2, -0.15) is 5.10 Å². The molecule has 1 aliphatic carbocycles. The first kappa shape index (κ1) is 13.4. The fourth-order valence-corrected chi connectivity index (χ4v) is 3.13. The van der Waals surface area contributed by atoms with Gasteiger partial charge < -0.3 is 5.32 Å². The van der Waals surface area contributed by atoms with E-state index in [2.05, 4.69) is 42.5 Å². The Bertz CT molecular complexity index is 560. The number of nitrogens with one attached hydrogen (secondary N) is 1. The molecule has 1 aromatic heterocycles. The second-order valence-electron chi connectivity index (χ2n) is 5.90. The van der Waals surface area contributed by atoms with Crippen LogP contribution in [0.3, 0.4) is 0 Å². The van der Waals surface area contributed by atoms with Crippen LogP contribution in [0, 0.1) is 0 Å². The van der Waals surface area contributed by atoms with E-state index >= 15 is 0 Å². The molecule has 2 atom stereocenters. The van der Waals surface area contributed by atoms with Crippen LogP contribution in [0.25, 0.3) is 0 Å². The zero-order valence-electron chi connectivity index (χ0n) is 12.3. The first-order valence-electron chi connectivity index (χ1n) is 7.57. The first-order chi connectivity index (χ1) is 9.72. The van der Waals surface area contributed by atoms with Gasteiger partial charge in [0.05, 0.1) is 6.54 Å². The van der Waals surface area contributed by atoms with Crippen LogP contribution >= 0.6 is 0 Å². The molecule has 0 saturated carbocycles. The van der Waals surface area contributed by atoms with Gasteiger partial charge in [-0.3, -0.25) is 4.68 Å². The number of aryl methyl sites for hydroxylation is 2. The Morgan fingerprint density at radius 1 is 1.25 bits per heavy atom. The number of hydrogen-bond donors (Lipinski definition) is 1. The van der Waals surface area contributed by atoms with Gasteiger partial charge in [-0.25, -0.2) is 0 Å². The van der Waals surface area contributed by atoms with E-state index in [1.807, 2.05) is 23.1 Å². The lowest BCUT2D eigenvalue weighted by Crippen LogP contribution is -2.32. The standard InChI is InChI=1S/C17H23N3/c1-13(12-20-10-4-9-18-20)19-14(2)16-8-7-15-5-3-6-17(15)11-16/h4,7-11,13-14,19H,3,5-6,12H2,1-2H3. The lowest BCUT2D eigenvalue weighted by molar-refractivity contribution is 0.413. The minimum absolute atomic E-state index is 0.381. The molecule has 1 N–H and O–H groups in total. The van der Waals surface area contributed by atoms with E-state index in [1.165, 1.54) is 24.8 Å². The number of hydrogen-bond acceptors (Lipinski definition) is 2. The van der Waals surface area contributed by atoms with E-state index < -0.39 is 0 Å². The van der Waals surface area contributed by atoms with Crippen molar-refractivity contribution >= 4 is 0 Å². The summed E-state index contributed by atoms with van der Waals surface area (Å²) in [5, 5.41) is 7.92. The summed E-state index contributed by atoms with van der Waals surface area (Å²) >= 11 is 0. The third-order valence-corrected chi connectivity index (χ3v) is 4.18. The van der Waals surface area contributed by atoms with Crippen molar-refractivity contribution in [1.29, 1.82) is 0 Å². The van der Waals surface area contributed by atoms with Crippen molar-refractivity contribution in [2.24, 2.45) is 0 Å². The minimum atomic E-state index is 0.381. The molecule has 2 unspecified atom stereocenters. The lowest BCUT2D eigenvalue weighted by atomic mass is 10.0. The molecule has 0 aliphatic heterocycles. The molecule has 20 heavy (non-hydrogen) atoms. The molecular weight excluding hydrogens is 246 g/mol. The van der Waals surface area contributed by atoms with Gasteiger partial charge in [0.2, 0.25) is 0 Å². The van der Waals surface area contributed by atoms with Crippen LogP contribution in [0.1, 0.15) is 43.0 Å². The topological polar surface area (TPSA) is 29.9 Å². The Hall–Kier alpha value is -1.61. The number of fused-ring (bicyclic) bond motifs is 1. The maximum absolute atomic E-state index is 4.26. The zero-order chi connectivity index (χ0) is 13.9. The van der Waals surface area contributed by atoms with Gasteiger partial charge in [-0.15, -0.1) is 0 Å². The summed E-state index contributed by atoms with van der Waals surface area (Å²) in [6.07, 6.45) is 7.66. The highest BCUT2D eigenvalue weighted by molar-refractivity contribution is 5.36. The fourth-order valence-electron chi connectivity index (χ4n) is 3.13. The SMILES string of the molecule is CC(Cn1cccn1)NC(C)c1ccc2c(c1)CCC2. The van der Waals surface area contributed by atoms with Crippen LogP contribution < -0.4 is 5.32 Å². The van der Waals surface area contributed by atoms with E-state index in [0.29, 0.717) is 12.1 Å². The predicted molar refractivity (Wildman–Crippen MR) is 81.7 cm³/mol. The van der Waals surface area contributed by atoms with E-state index in [0.717, 1.165) is 6.54 Å². The van der Waals surface area contributed by atoms with Crippen LogP contribution in [-0.2, 0) is 19.4 Å². The summed E-state index contributed by atoms with van der Waals surface area (Å²) in [5.74, 6) is 0. The van der Waals surface area contributed by atoms with Crippen molar-refractivity contribution in [3.8, 4) is 0 Å². The summed E-state index contributed by atoms with van der Waals surface area (Å²) < 4.78 is 1.98. The average molecular weight is 269 g/mol. The van der Waals surface area contributed by atoms with E-state index in [1.54, 1.807) is 11.1 Å². The van der Waals surface area contributed by atoms with Gasteiger partial charge in [-0.05, 0) is 55.9 Å². The summed E-state index contributed by atoms with van der Waals surface area (Å²) in [5.41, 5.74) is 4.50. The number of benzene rings is 1. The predicted octanol–water partition coefficient (Wildman–Crippen LogP) is 3.11. The van der Waals surface area contributed by atoms with Crippen molar-refractivity contribution in [2.45, 2.75) is 51.7 Å². The number of nitrogens with zero attached hydrogens (tertiary/aromatic N) is 2. The molecule has 3 nitrogen and oxygen atoms in total. The zero-order valence-corrected chi connectivity index (χ0v) is 12.3. The molecule has 0 radical (unpaired) electrons. The number of aromatic nitrogens is 2. The van der Waals surface area contributed by atoms with Gasteiger partial charge in [0, 0.05) is 24.5 Å². The van der Waals surface area contributed by atoms with Crippen LogP contribution in [0.5, 0.6) is 0 Å². The summed E-state index contributed by atoms with van der Waals surface area (Å²) in [6.45, 7) is 5.37. The van der Waals surface area contributed by atoms with E-state index in [-0.39, 0.29) is 0 Å². The molecule has 0 fully saturated rings. The average Bonchev–Trinajstić information content (AvgIpc) is 3.07. The summed E-state index contributed by atoms with van der Waals surface area (Å²) in [7, 11) is 0. The highest BCUT2D eigenvalue weighted by Gasteiger charge is 2.14. The van der Waals surface area contributed by atoms with Crippen LogP contribution in [0.4, 0.5) is 0 Å². The Balaban J connectivity index is 1.62. The van der Waals surface area contributed by atoms with E-state index in [9.17, 15) is 0 Å². The van der Waals surface area contributed by atoms with Crippen molar-refractivity contribution in [3.05, 3.63) is 53.3 Å². The first-order valence-corrected chi connectivity index (χ1v) is 7.57. The van der Waals surface area contributed by atoms with Gasteiger partial charge in [0.25, 0.3) is 0 Å². The molecule has 2 aromatic rings. The largest absolute Gasteiger partial charge is 0.306 e. The molecule has 1 aliphatic rings. The third-order valence-electron chi connectivity index (χ3n) is 4.18. The van der Waals surface area contributed by atoms with Crippen LogP contribution in [0.2, 0.25) is 0 Å². The Morgan fingerprint density at radius 2 is 2.10 bits per heavy atom. The Labute approximate surface area is 121 Å². The lowest BCUT2D eigenvalue weighted by Gasteiger charge is -2.21. The molecule has 0 bridgehead atoms. The highest BCUT2D eigenvalue weighted by atomic mass is 15.3. The molecule has 0 saturated heterocycles. The molecule has 3 rings (SSSR count).